The second-order valence-electron chi connectivity index (χ2n) is 8.42. The highest BCUT2D eigenvalue weighted by atomic mass is 19.1. The first-order valence-electron chi connectivity index (χ1n) is 11.2. The van der Waals surface area contributed by atoms with E-state index >= 15 is 0 Å². The molecule has 1 N–H and O–H groups in total. The van der Waals surface area contributed by atoms with Gasteiger partial charge in [-0.2, -0.15) is 0 Å². The van der Waals surface area contributed by atoms with E-state index in [-0.39, 0.29) is 11.7 Å². The Morgan fingerprint density at radius 2 is 1.78 bits per heavy atom. The topological polar surface area (TPSA) is 48.7 Å². The first-order chi connectivity index (χ1) is 15.6. The van der Waals surface area contributed by atoms with Gasteiger partial charge in [-0.15, -0.1) is 0 Å². The first kappa shape index (κ1) is 22.2. The van der Waals surface area contributed by atoms with Crippen molar-refractivity contribution in [1.29, 1.82) is 0 Å². The van der Waals surface area contributed by atoms with Crippen molar-refractivity contribution >= 4 is 5.91 Å². The van der Waals surface area contributed by atoms with Gasteiger partial charge in [0, 0.05) is 52.1 Å². The number of halogens is 1. The lowest BCUT2D eigenvalue weighted by molar-refractivity contribution is -0.121. The van der Waals surface area contributed by atoms with Gasteiger partial charge in [0.25, 0.3) is 0 Å². The van der Waals surface area contributed by atoms with Gasteiger partial charge in [0.1, 0.15) is 17.3 Å². The van der Waals surface area contributed by atoms with Crippen molar-refractivity contribution in [3.05, 3.63) is 83.4 Å². The van der Waals surface area contributed by atoms with Crippen LogP contribution in [-0.2, 0) is 24.3 Å². The third-order valence-corrected chi connectivity index (χ3v) is 5.88. The lowest BCUT2D eigenvalue weighted by Gasteiger charge is -2.32. The van der Waals surface area contributed by atoms with Crippen LogP contribution in [0, 0.1) is 5.82 Å². The maximum absolute atomic E-state index is 13.9. The molecule has 5 nitrogen and oxygen atoms in total. The normalized spacial score (nSPS) is 15.1. The number of carbonyl (C=O) groups is 1. The number of aryl methyl sites for hydroxylation is 1. The van der Waals surface area contributed by atoms with E-state index in [1.165, 1.54) is 11.6 Å². The van der Waals surface area contributed by atoms with E-state index < -0.39 is 0 Å². The molecule has 4 rings (SSSR count). The van der Waals surface area contributed by atoms with Gasteiger partial charge in [0.2, 0.25) is 5.91 Å². The molecule has 0 saturated carbocycles. The number of benzene rings is 2. The summed E-state index contributed by atoms with van der Waals surface area (Å²) in [6.45, 7) is 5.83. The minimum Gasteiger partial charge on any atom is -0.461 e. The summed E-state index contributed by atoms with van der Waals surface area (Å²) in [5, 5.41) is 2.99. The monoisotopic (exact) mass is 435 g/mol. The number of nitrogens with one attached hydrogen (secondary N) is 1. The molecular weight excluding hydrogens is 405 g/mol. The van der Waals surface area contributed by atoms with Crippen LogP contribution >= 0.6 is 0 Å². The van der Waals surface area contributed by atoms with Crippen LogP contribution in [0.5, 0.6) is 0 Å². The van der Waals surface area contributed by atoms with Crippen molar-refractivity contribution in [2.45, 2.75) is 25.9 Å². The Morgan fingerprint density at radius 3 is 2.59 bits per heavy atom. The quantitative estimate of drug-likeness (QED) is 0.579. The molecule has 1 fully saturated rings. The van der Waals surface area contributed by atoms with E-state index in [2.05, 4.69) is 40.4 Å². The predicted molar refractivity (Wildman–Crippen MR) is 123 cm³/mol. The van der Waals surface area contributed by atoms with Crippen molar-refractivity contribution in [2.75, 3.05) is 33.2 Å². The zero-order valence-electron chi connectivity index (χ0n) is 18.5. The minimum atomic E-state index is -0.319. The van der Waals surface area contributed by atoms with Crippen LogP contribution in [0.2, 0.25) is 0 Å². The molecule has 0 atom stereocenters. The van der Waals surface area contributed by atoms with E-state index in [0.29, 0.717) is 36.5 Å². The van der Waals surface area contributed by atoms with Crippen LogP contribution in [0.3, 0.4) is 0 Å². The molecule has 6 heteroatoms. The molecule has 2 aromatic carbocycles. The molecule has 2 heterocycles. The molecule has 1 aliphatic rings. The minimum absolute atomic E-state index is 0.0293. The largest absolute Gasteiger partial charge is 0.461 e. The average Bonchev–Trinajstić information content (AvgIpc) is 3.27. The molecule has 1 saturated heterocycles. The smallest absolute Gasteiger partial charge is 0.220 e. The highest BCUT2D eigenvalue weighted by Crippen LogP contribution is 2.25. The maximum Gasteiger partial charge on any atom is 0.220 e. The van der Waals surface area contributed by atoms with Crippen molar-refractivity contribution < 1.29 is 13.6 Å². The summed E-state index contributed by atoms with van der Waals surface area (Å²) >= 11 is 0. The number of nitrogens with zero attached hydrogens (tertiary/aromatic N) is 2. The summed E-state index contributed by atoms with van der Waals surface area (Å²) in [7, 11) is 2.16. The molecule has 0 bridgehead atoms. The van der Waals surface area contributed by atoms with Crippen molar-refractivity contribution in [3.63, 3.8) is 0 Å². The summed E-state index contributed by atoms with van der Waals surface area (Å²) < 4.78 is 19.6. The zero-order chi connectivity index (χ0) is 22.3. The molecular formula is C26H30FN3O2. The van der Waals surface area contributed by atoms with Crippen LogP contribution in [0.15, 0.2) is 65.1 Å². The molecule has 1 amide bonds. The highest BCUT2D eigenvalue weighted by Gasteiger charge is 2.14. The Kier molecular flexibility index (Phi) is 7.35. The van der Waals surface area contributed by atoms with Gasteiger partial charge in [-0.05, 0) is 42.4 Å². The fraction of sp³-hybridized carbons (Fsp3) is 0.346. The van der Waals surface area contributed by atoms with Gasteiger partial charge >= 0.3 is 0 Å². The number of hydrogen-bond donors (Lipinski definition) is 1. The van der Waals surface area contributed by atoms with Crippen molar-refractivity contribution in [3.8, 4) is 11.3 Å². The van der Waals surface area contributed by atoms with Gasteiger partial charge in [-0.25, -0.2) is 4.39 Å². The van der Waals surface area contributed by atoms with E-state index in [1.807, 2.05) is 6.07 Å². The van der Waals surface area contributed by atoms with Crippen LogP contribution < -0.4 is 5.32 Å². The van der Waals surface area contributed by atoms with E-state index in [1.54, 1.807) is 30.3 Å². The molecule has 0 radical (unpaired) electrons. The van der Waals surface area contributed by atoms with E-state index in [0.717, 1.165) is 38.3 Å². The van der Waals surface area contributed by atoms with Gasteiger partial charge in [0.05, 0.1) is 5.56 Å². The maximum atomic E-state index is 13.9. The van der Waals surface area contributed by atoms with Crippen molar-refractivity contribution in [2.24, 2.45) is 0 Å². The Labute approximate surface area is 188 Å². The Balaban J connectivity index is 1.24. The fourth-order valence-electron chi connectivity index (χ4n) is 3.95. The number of likely N-dealkylation sites (N-methyl/N-ethyl adjacent to an activating group) is 1. The molecule has 0 aliphatic carbocycles. The molecule has 1 aromatic heterocycles. The number of rotatable bonds is 8. The lowest BCUT2D eigenvalue weighted by Crippen LogP contribution is -2.43. The second kappa shape index (κ2) is 10.6. The Bertz CT molecular complexity index is 1040. The van der Waals surface area contributed by atoms with Crippen molar-refractivity contribution in [1.82, 2.24) is 15.1 Å². The first-order valence-corrected chi connectivity index (χ1v) is 11.2. The summed E-state index contributed by atoms with van der Waals surface area (Å²) in [6, 6.07) is 18.5. The van der Waals surface area contributed by atoms with Crippen LogP contribution in [0.25, 0.3) is 11.3 Å². The SMILES string of the molecule is CN1CCN(Cc2cccc(CNC(=O)CCc3ccc(-c4ccccc4F)o3)c2)CC1. The molecule has 1 aliphatic heterocycles. The third kappa shape index (κ3) is 6.05. The summed E-state index contributed by atoms with van der Waals surface area (Å²) in [6.07, 6.45) is 0.801. The number of amides is 1. The number of hydrogen-bond acceptors (Lipinski definition) is 4. The standard InChI is InChI=1S/C26H30FN3O2/c1-29-13-15-30(16-14-29)19-21-6-4-5-20(17-21)18-28-26(31)12-10-22-9-11-25(32-22)23-7-2-3-8-24(23)27/h2-9,11,17H,10,12-16,18-19H2,1H3,(H,28,31). The summed E-state index contributed by atoms with van der Waals surface area (Å²) in [5.74, 6) is 0.808. The van der Waals surface area contributed by atoms with E-state index in [9.17, 15) is 9.18 Å². The van der Waals surface area contributed by atoms with Gasteiger partial charge in [0.15, 0.2) is 0 Å². The fourth-order valence-corrected chi connectivity index (χ4v) is 3.95. The summed E-state index contributed by atoms with van der Waals surface area (Å²) in [4.78, 5) is 17.1. The lowest BCUT2D eigenvalue weighted by atomic mass is 10.1. The Morgan fingerprint density at radius 1 is 1.00 bits per heavy atom. The highest BCUT2D eigenvalue weighted by molar-refractivity contribution is 5.76. The molecule has 0 spiro atoms. The summed E-state index contributed by atoms with van der Waals surface area (Å²) in [5.41, 5.74) is 2.81. The molecule has 0 unspecified atom stereocenters. The molecule has 3 aromatic rings. The van der Waals surface area contributed by atoms with Crippen LogP contribution in [0.4, 0.5) is 4.39 Å². The van der Waals surface area contributed by atoms with Gasteiger partial charge < -0.3 is 14.6 Å². The number of furan rings is 1. The number of carbonyl (C=O) groups excluding carboxylic acids is 1. The van der Waals surface area contributed by atoms with Crippen LogP contribution in [-0.4, -0.2) is 48.9 Å². The Hall–Kier alpha value is -2.96. The molecule has 168 valence electrons. The van der Waals surface area contributed by atoms with Crippen LogP contribution in [0.1, 0.15) is 23.3 Å². The number of piperazine rings is 1. The molecule has 32 heavy (non-hydrogen) atoms. The zero-order valence-corrected chi connectivity index (χ0v) is 18.5. The van der Waals surface area contributed by atoms with Gasteiger partial charge in [-0.3, -0.25) is 9.69 Å². The third-order valence-electron chi connectivity index (χ3n) is 5.88. The van der Waals surface area contributed by atoms with E-state index in [4.69, 9.17) is 4.42 Å². The average molecular weight is 436 g/mol. The van der Waals surface area contributed by atoms with Gasteiger partial charge in [-0.1, -0.05) is 36.4 Å². The predicted octanol–water partition coefficient (Wildman–Crippen LogP) is 4.08. The second-order valence-corrected chi connectivity index (χ2v) is 8.42.